The van der Waals surface area contributed by atoms with Crippen LogP contribution in [0.2, 0.25) is 0 Å². The van der Waals surface area contributed by atoms with E-state index in [1.807, 2.05) is 0 Å². The Balaban J connectivity index is 2.08. The summed E-state index contributed by atoms with van der Waals surface area (Å²) in [6.45, 7) is -0.00222. The number of anilines is 2. The smallest absolute Gasteiger partial charge is 0.387 e. The fourth-order valence-corrected chi connectivity index (χ4v) is 1.68. The Kier molecular flexibility index (Phi) is 4.27. The van der Waals surface area contributed by atoms with Crippen LogP contribution in [0.1, 0.15) is 17.5 Å². The summed E-state index contributed by atoms with van der Waals surface area (Å²) in [7, 11) is 0. The lowest BCUT2D eigenvalue weighted by Gasteiger charge is -2.14. The van der Waals surface area contributed by atoms with E-state index in [-0.39, 0.29) is 18.2 Å². The summed E-state index contributed by atoms with van der Waals surface area (Å²) in [5.41, 5.74) is 5.96. The van der Waals surface area contributed by atoms with Crippen molar-refractivity contribution < 1.29 is 18.3 Å². The van der Waals surface area contributed by atoms with Crippen molar-refractivity contribution in [2.45, 2.75) is 12.3 Å². The minimum absolute atomic E-state index is 0.00222. The summed E-state index contributed by atoms with van der Waals surface area (Å²) in [5, 5.41) is 12.5. The van der Waals surface area contributed by atoms with Gasteiger partial charge < -0.3 is 16.2 Å². The van der Waals surface area contributed by atoms with Crippen LogP contribution in [0.4, 0.5) is 24.8 Å². The van der Waals surface area contributed by atoms with Crippen molar-refractivity contribution in [3.63, 3.8) is 0 Å². The fraction of sp³-hybridized carbons (Fsp3) is 0.231. The number of halogens is 3. The van der Waals surface area contributed by atoms with Gasteiger partial charge in [0.2, 0.25) is 5.82 Å². The van der Waals surface area contributed by atoms with E-state index in [1.54, 1.807) is 30.3 Å². The summed E-state index contributed by atoms with van der Waals surface area (Å²) in [4.78, 5) is 6.46. The lowest BCUT2D eigenvalue weighted by molar-refractivity contribution is -0.144. The van der Waals surface area contributed by atoms with Crippen molar-refractivity contribution in [1.82, 2.24) is 9.97 Å². The largest absolute Gasteiger partial charge is 0.451 e. The van der Waals surface area contributed by atoms with Crippen LogP contribution in [0.3, 0.4) is 0 Å². The first-order valence-electron chi connectivity index (χ1n) is 6.05. The second-order valence-electron chi connectivity index (χ2n) is 4.31. The molecule has 0 aliphatic rings. The van der Waals surface area contributed by atoms with Gasteiger partial charge in [-0.3, -0.25) is 0 Å². The monoisotopic (exact) mass is 298 g/mol. The Morgan fingerprint density at radius 3 is 2.48 bits per heavy atom. The van der Waals surface area contributed by atoms with Gasteiger partial charge in [0.1, 0.15) is 11.6 Å². The van der Waals surface area contributed by atoms with Crippen LogP contribution >= 0.6 is 0 Å². The summed E-state index contributed by atoms with van der Waals surface area (Å²) in [6, 6.07) is 9.90. The molecule has 2 aromatic rings. The normalized spacial score (nSPS) is 13.0. The number of nitrogens with two attached hydrogens (primary N) is 1. The molecular weight excluding hydrogens is 285 g/mol. The van der Waals surface area contributed by atoms with Crippen molar-refractivity contribution in [2.24, 2.45) is 0 Å². The number of alkyl halides is 3. The molecule has 8 heteroatoms. The molecule has 1 unspecified atom stereocenters. The highest BCUT2D eigenvalue weighted by Gasteiger charge is 2.35. The predicted octanol–water partition coefficient (Wildman–Crippen LogP) is 2.22. The molecule has 1 aromatic carbocycles. The molecule has 1 heterocycles. The highest BCUT2D eigenvalue weighted by atomic mass is 19.4. The first-order chi connectivity index (χ1) is 9.86. The van der Waals surface area contributed by atoms with Gasteiger partial charge in [0.25, 0.3) is 0 Å². The molecule has 1 atom stereocenters. The predicted molar refractivity (Wildman–Crippen MR) is 71.3 cm³/mol. The van der Waals surface area contributed by atoms with E-state index >= 15 is 0 Å². The number of nitrogens with one attached hydrogen (secondary N) is 1. The van der Waals surface area contributed by atoms with Crippen LogP contribution in [0.15, 0.2) is 36.4 Å². The first-order valence-corrected chi connectivity index (χ1v) is 6.05. The third kappa shape index (κ3) is 4.06. The standard InChI is InChI=1S/C13H13F3N4O/c14-13(15,16)12-19-10(17)6-11(20-12)18-7-9(21)8-4-2-1-3-5-8/h1-6,9,21H,7H2,(H3,17,18,19,20). The number of aliphatic hydroxyl groups is 1. The number of nitrogen functional groups attached to an aromatic ring is 1. The zero-order valence-corrected chi connectivity index (χ0v) is 10.8. The molecule has 0 saturated carbocycles. The number of aliphatic hydroxyl groups excluding tert-OH is 1. The molecule has 4 N–H and O–H groups in total. The third-order valence-electron chi connectivity index (χ3n) is 2.66. The van der Waals surface area contributed by atoms with Crippen molar-refractivity contribution in [3.05, 3.63) is 47.8 Å². The molecule has 0 aliphatic heterocycles. The van der Waals surface area contributed by atoms with Crippen molar-refractivity contribution in [2.75, 3.05) is 17.6 Å². The molecule has 112 valence electrons. The molecule has 0 spiro atoms. The van der Waals surface area contributed by atoms with Gasteiger partial charge in [-0.2, -0.15) is 13.2 Å². The Morgan fingerprint density at radius 2 is 1.86 bits per heavy atom. The molecule has 0 aliphatic carbocycles. The Hall–Kier alpha value is -2.35. The lowest BCUT2D eigenvalue weighted by atomic mass is 10.1. The van der Waals surface area contributed by atoms with E-state index in [1.165, 1.54) is 6.07 Å². The summed E-state index contributed by atoms with van der Waals surface area (Å²) in [6.07, 6.45) is -5.55. The number of benzene rings is 1. The van der Waals surface area contributed by atoms with Crippen LogP contribution in [0, 0.1) is 0 Å². The SMILES string of the molecule is Nc1cc(NCC(O)c2ccccc2)nc(C(F)(F)F)n1. The van der Waals surface area contributed by atoms with Gasteiger partial charge in [-0.05, 0) is 5.56 Å². The summed E-state index contributed by atoms with van der Waals surface area (Å²) < 4.78 is 37.7. The van der Waals surface area contributed by atoms with Gasteiger partial charge in [-0.15, -0.1) is 0 Å². The highest BCUT2D eigenvalue weighted by molar-refractivity contribution is 5.45. The summed E-state index contributed by atoms with van der Waals surface area (Å²) in [5.74, 6) is -1.71. The van der Waals surface area contributed by atoms with Crippen LogP contribution in [-0.4, -0.2) is 21.6 Å². The molecular formula is C13H13F3N4O. The van der Waals surface area contributed by atoms with Gasteiger partial charge in [-0.1, -0.05) is 30.3 Å². The fourth-order valence-electron chi connectivity index (χ4n) is 1.68. The van der Waals surface area contributed by atoms with E-state index in [9.17, 15) is 18.3 Å². The highest BCUT2D eigenvalue weighted by Crippen LogP contribution is 2.27. The Bertz CT molecular complexity index is 604. The number of hydrogen-bond acceptors (Lipinski definition) is 5. The molecule has 0 saturated heterocycles. The molecule has 2 rings (SSSR count). The first kappa shape index (κ1) is 15.0. The van der Waals surface area contributed by atoms with Crippen molar-refractivity contribution in [3.8, 4) is 0 Å². The zero-order chi connectivity index (χ0) is 15.5. The van der Waals surface area contributed by atoms with E-state index in [0.717, 1.165) is 0 Å². The third-order valence-corrected chi connectivity index (χ3v) is 2.66. The van der Waals surface area contributed by atoms with Crippen LogP contribution in [-0.2, 0) is 6.18 Å². The molecule has 0 amide bonds. The maximum atomic E-state index is 12.6. The van der Waals surface area contributed by atoms with E-state index in [0.29, 0.717) is 5.56 Å². The Labute approximate surface area is 118 Å². The summed E-state index contributed by atoms with van der Waals surface area (Å²) >= 11 is 0. The molecule has 0 bridgehead atoms. The van der Waals surface area contributed by atoms with E-state index < -0.39 is 18.1 Å². The second-order valence-corrected chi connectivity index (χ2v) is 4.31. The van der Waals surface area contributed by atoms with Gasteiger partial charge in [0.15, 0.2) is 0 Å². The van der Waals surface area contributed by atoms with Crippen LogP contribution in [0.25, 0.3) is 0 Å². The average molecular weight is 298 g/mol. The molecule has 21 heavy (non-hydrogen) atoms. The van der Waals surface area contributed by atoms with Crippen molar-refractivity contribution in [1.29, 1.82) is 0 Å². The number of aromatic nitrogens is 2. The van der Waals surface area contributed by atoms with Crippen LogP contribution < -0.4 is 11.1 Å². The number of nitrogens with zero attached hydrogens (tertiary/aromatic N) is 2. The van der Waals surface area contributed by atoms with Gasteiger partial charge in [-0.25, -0.2) is 9.97 Å². The second kappa shape index (κ2) is 5.96. The zero-order valence-electron chi connectivity index (χ0n) is 10.8. The average Bonchev–Trinajstić information content (AvgIpc) is 2.44. The molecule has 5 nitrogen and oxygen atoms in total. The van der Waals surface area contributed by atoms with Crippen LogP contribution in [0.5, 0.6) is 0 Å². The quantitative estimate of drug-likeness (QED) is 0.806. The van der Waals surface area contributed by atoms with Gasteiger partial charge in [0, 0.05) is 12.6 Å². The maximum absolute atomic E-state index is 12.6. The van der Waals surface area contributed by atoms with Gasteiger partial charge >= 0.3 is 6.18 Å². The topological polar surface area (TPSA) is 84.1 Å². The molecule has 0 radical (unpaired) electrons. The number of hydrogen-bond donors (Lipinski definition) is 3. The minimum atomic E-state index is -4.68. The van der Waals surface area contributed by atoms with E-state index in [2.05, 4.69) is 15.3 Å². The minimum Gasteiger partial charge on any atom is -0.387 e. The Morgan fingerprint density at radius 1 is 1.19 bits per heavy atom. The number of rotatable bonds is 4. The lowest BCUT2D eigenvalue weighted by Crippen LogP contribution is -2.17. The van der Waals surface area contributed by atoms with Gasteiger partial charge in [0.05, 0.1) is 6.10 Å². The molecule has 1 aromatic heterocycles. The van der Waals surface area contributed by atoms with E-state index in [4.69, 9.17) is 5.73 Å². The molecule has 0 fully saturated rings. The van der Waals surface area contributed by atoms with Crippen molar-refractivity contribution >= 4 is 11.6 Å². The maximum Gasteiger partial charge on any atom is 0.451 e.